The summed E-state index contributed by atoms with van der Waals surface area (Å²) in [6.45, 7) is 2.63. The summed E-state index contributed by atoms with van der Waals surface area (Å²) in [5.74, 6) is 2.68. The van der Waals surface area contributed by atoms with E-state index in [1.54, 1.807) is 28.4 Å². The van der Waals surface area contributed by atoms with E-state index in [0.29, 0.717) is 17.9 Å². The van der Waals surface area contributed by atoms with Crippen molar-refractivity contribution in [3.63, 3.8) is 0 Å². The number of Topliss-reactive ketones (excluding diaryl/α,β-unsaturated/α-hetero) is 1. The summed E-state index contributed by atoms with van der Waals surface area (Å²) in [4.78, 5) is 20.2. The number of benzene rings is 3. The third-order valence-corrected chi connectivity index (χ3v) is 7.16. The first-order chi connectivity index (χ1) is 19.0. The van der Waals surface area contributed by atoms with Crippen molar-refractivity contribution < 1.29 is 23.7 Å². The number of nitrogens with zero attached hydrogens (tertiary/aromatic N) is 2. The van der Waals surface area contributed by atoms with Gasteiger partial charge in [-0.2, -0.15) is 0 Å². The number of aliphatic imine (C=N–C) groups is 1. The van der Waals surface area contributed by atoms with Crippen LogP contribution in [0.25, 0.3) is 0 Å². The highest BCUT2D eigenvalue weighted by molar-refractivity contribution is 5.99. The number of rotatable bonds is 13. The summed E-state index contributed by atoms with van der Waals surface area (Å²) in [5.41, 5.74) is 4.11. The van der Waals surface area contributed by atoms with Crippen LogP contribution in [0.1, 0.15) is 29.5 Å². The summed E-state index contributed by atoms with van der Waals surface area (Å²) < 4.78 is 21.7. The average molecular weight is 531 g/mol. The van der Waals surface area contributed by atoms with E-state index in [1.807, 2.05) is 36.5 Å². The predicted molar refractivity (Wildman–Crippen MR) is 154 cm³/mol. The van der Waals surface area contributed by atoms with E-state index in [9.17, 15) is 4.79 Å². The standard InChI is InChI=1S/C32H38N2O5/c1-36-29-13-12-23(17-30(29)37-2)14-16-34(22-24-9-6-5-7-10-24)15-8-11-25-21-33-27-20-32(39-4)31(38-3)19-26(27)18-28(25)35/h5-7,9-10,12-13,17,19-21,25H,8,11,14-16,18,22H2,1-4H3. The van der Waals surface area contributed by atoms with Crippen molar-refractivity contribution >= 4 is 17.7 Å². The van der Waals surface area contributed by atoms with E-state index in [1.165, 1.54) is 11.1 Å². The van der Waals surface area contributed by atoms with Crippen molar-refractivity contribution in [2.75, 3.05) is 41.5 Å². The first-order valence-corrected chi connectivity index (χ1v) is 13.3. The Kier molecular flexibility index (Phi) is 9.97. The summed E-state index contributed by atoms with van der Waals surface area (Å²) >= 11 is 0. The topological polar surface area (TPSA) is 69.6 Å². The Balaban J connectivity index is 1.40. The maximum atomic E-state index is 13.1. The molecule has 1 unspecified atom stereocenters. The molecule has 0 saturated carbocycles. The monoisotopic (exact) mass is 530 g/mol. The van der Waals surface area contributed by atoms with Gasteiger partial charge in [0.2, 0.25) is 0 Å². The summed E-state index contributed by atoms with van der Waals surface area (Å²) in [6, 6.07) is 20.3. The van der Waals surface area contributed by atoms with Gasteiger partial charge in [0.25, 0.3) is 0 Å². The molecule has 0 bridgehead atoms. The molecule has 1 aliphatic heterocycles. The number of methoxy groups -OCH3 is 4. The molecule has 1 heterocycles. The van der Waals surface area contributed by atoms with Gasteiger partial charge in [0.05, 0.1) is 40.0 Å². The molecule has 7 heteroatoms. The van der Waals surface area contributed by atoms with E-state index in [0.717, 1.165) is 61.6 Å². The lowest BCUT2D eigenvalue weighted by atomic mass is 9.95. The number of hydrogen-bond acceptors (Lipinski definition) is 7. The Hall–Kier alpha value is -3.84. The molecular formula is C32H38N2O5. The Labute approximate surface area is 231 Å². The Bertz CT molecular complexity index is 1280. The van der Waals surface area contributed by atoms with Crippen LogP contribution in [0, 0.1) is 5.92 Å². The fourth-order valence-electron chi connectivity index (χ4n) is 4.95. The molecule has 0 saturated heterocycles. The van der Waals surface area contributed by atoms with Crippen LogP contribution in [0.3, 0.4) is 0 Å². The van der Waals surface area contributed by atoms with Crippen LogP contribution in [0.4, 0.5) is 5.69 Å². The zero-order valence-electron chi connectivity index (χ0n) is 23.3. The quantitative estimate of drug-likeness (QED) is 0.283. The molecule has 206 valence electrons. The number of ketones is 1. The average Bonchev–Trinajstić information content (AvgIpc) is 3.12. The largest absolute Gasteiger partial charge is 0.493 e. The smallest absolute Gasteiger partial charge is 0.162 e. The number of fused-ring (bicyclic) bond motifs is 1. The second-order valence-electron chi connectivity index (χ2n) is 9.71. The van der Waals surface area contributed by atoms with Gasteiger partial charge in [-0.05, 0) is 60.7 Å². The molecule has 0 fully saturated rings. The number of ether oxygens (including phenoxy) is 4. The minimum Gasteiger partial charge on any atom is -0.493 e. The zero-order valence-corrected chi connectivity index (χ0v) is 23.3. The van der Waals surface area contributed by atoms with Gasteiger partial charge >= 0.3 is 0 Å². The first kappa shape index (κ1) is 28.2. The van der Waals surface area contributed by atoms with Gasteiger partial charge in [-0.15, -0.1) is 0 Å². The SMILES string of the molecule is COc1ccc(CCN(CCCC2C=Nc3cc(OC)c(OC)cc3CC2=O)Cc2ccccc2)cc1OC. The van der Waals surface area contributed by atoms with Gasteiger partial charge in [-0.3, -0.25) is 14.7 Å². The lowest BCUT2D eigenvalue weighted by Gasteiger charge is -2.23. The highest BCUT2D eigenvalue weighted by Crippen LogP contribution is 2.36. The third-order valence-electron chi connectivity index (χ3n) is 7.16. The minimum absolute atomic E-state index is 0.185. The van der Waals surface area contributed by atoms with Crippen LogP contribution in [-0.2, 0) is 24.2 Å². The van der Waals surface area contributed by atoms with Crippen molar-refractivity contribution in [2.45, 2.75) is 32.2 Å². The molecule has 1 atom stereocenters. The molecular weight excluding hydrogens is 492 g/mol. The molecule has 0 amide bonds. The molecule has 0 spiro atoms. The zero-order chi connectivity index (χ0) is 27.6. The van der Waals surface area contributed by atoms with E-state index < -0.39 is 0 Å². The van der Waals surface area contributed by atoms with E-state index >= 15 is 0 Å². The van der Waals surface area contributed by atoms with Crippen molar-refractivity contribution in [2.24, 2.45) is 10.9 Å². The number of carbonyl (C=O) groups excluding carboxylic acids is 1. The Morgan fingerprint density at radius 1 is 0.795 bits per heavy atom. The summed E-state index contributed by atoms with van der Waals surface area (Å²) in [5, 5.41) is 0. The maximum Gasteiger partial charge on any atom is 0.162 e. The van der Waals surface area contributed by atoms with Gasteiger partial charge in [0.1, 0.15) is 5.78 Å². The van der Waals surface area contributed by atoms with Crippen LogP contribution in [0.5, 0.6) is 23.0 Å². The molecule has 0 aliphatic carbocycles. The van der Waals surface area contributed by atoms with Crippen LogP contribution in [-0.4, -0.2) is 58.4 Å². The molecule has 3 aromatic rings. The van der Waals surface area contributed by atoms with Crippen LogP contribution in [0.2, 0.25) is 0 Å². The van der Waals surface area contributed by atoms with Gasteiger partial charge in [-0.1, -0.05) is 36.4 Å². The summed E-state index contributed by atoms with van der Waals surface area (Å²) in [6.07, 6.45) is 4.69. The molecule has 1 aliphatic rings. The maximum absolute atomic E-state index is 13.1. The molecule has 3 aromatic carbocycles. The van der Waals surface area contributed by atoms with Crippen molar-refractivity contribution in [1.82, 2.24) is 4.90 Å². The third kappa shape index (κ3) is 7.39. The molecule has 0 aromatic heterocycles. The van der Waals surface area contributed by atoms with E-state index in [4.69, 9.17) is 18.9 Å². The number of carbonyl (C=O) groups is 1. The number of hydrogen-bond donors (Lipinski definition) is 0. The lowest BCUT2D eigenvalue weighted by molar-refractivity contribution is -0.120. The van der Waals surface area contributed by atoms with Crippen molar-refractivity contribution in [1.29, 1.82) is 0 Å². The van der Waals surface area contributed by atoms with E-state index in [2.05, 4.69) is 40.2 Å². The minimum atomic E-state index is -0.209. The predicted octanol–water partition coefficient (Wildman–Crippen LogP) is 5.69. The van der Waals surface area contributed by atoms with Crippen LogP contribution in [0.15, 0.2) is 65.7 Å². The Morgan fingerprint density at radius 3 is 2.21 bits per heavy atom. The fraction of sp³-hybridized carbons (Fsp3) is 0.375. The molecule has 0 radical (unpaired) electrons. The Morgan fingerprint density at radius 2 is 1.49 bits per heavy atom. The normalized spacial score (nSPS) is 14.6. The van der Waals surface area contributed by atoms with E-state index in [-0.39, 0.29) is 11.7 Å². The molecule has 39 heavy (non-hydrogen) atoms. The first-order valence-electron chi connectivity index (χ1n) is 13.3. The second kappa shape index (κ2) is 13.8. The van der Waals surface area contributed by atoms with Crippen LogP contribution >= 0.6 is 0 Å². The van der Waals surface area contributed by atoms with Crippen molar-refractivity contribution in [3.05, 3.63) is 77.4 Å². The lowest BCUT2D eigenvalue weighted by Crippen LogP contribution is -2.28. The highest BCUT2D eigenvalue weighted by atomic mass is 16.5. The highest BCUT2D eigenvalue weighted by Gasteiger charge is 2.23. The molecule has 4 rings (SSSR count). The second-order valence-corrected chi connectivity index (χ2v) is 9.71. The van der Waals surface area contributed by atoms with Gasteiger partial charge < -0.3 is 18.9 Å². The van der Waals surface area contributed by atoms with Gasteiger partial charge in [0, 0.05) is 31.8 Å². The van der Waals surface area contributed by atoms with Gasteiger partial charge in [0.15, 0.2) is 23.0 Å². The van der Waals surface area contributed by atoms with Crippen LogP contribution < -0.4 is 18.9 Å². The van der Waals surface area contributed by atoms with Crippen molar-refractivity contribution in [3.8, 4) is 23.0 Å². The summed E-state index contributed by atoms with van der Waals surface area (Å²) in [7, 11) is 6.51. The van der Waals surface area contributed by atoms with Gasteiger partial charge in [-0.25, -0.2) is 0 Å². The molecule has 0 N–H and O–H groups in total. The molecule has 7 nitrogen and oxygen atoms in total. The fourth-order valence-corrected chi connectivity index (χ4v) is 4.95.